The number of nitrogens with one attached hydrogen (secondary N) is 1. The number of aromatic nitrogens is 2. The average Bonchev–Trinajstić information content (AvgIpc) is 2.57. The van der Waals surface area contributed by atoms with Gasteiger partial charge in [-0.2, -0.15) is 0 Å². The molecule has 0 aliphatic rings. The van der Waals surface area contributed by atoms with Crippen LogP contribution in [0.3, 0.4) is 0 Å². The van der Waals surface area contributed by atoms with E-state index in [2.05, 4.69) is 20.4 Å². The second-order valence-corrected chi connectivity index (χ2v) is 4.61. The quantitative estimate of drug-likeness (QED) is 0.477. The van der Waals surface area contributed by atoms with Crippen molar-refractivity contribution in [1.29, 1.82) is 0 Å². The van der Waals surface area contributed by atoms with Crippen LogP contribution in [0.5, 0.6) is 5.75 Å². The molecule has 1 aromatic carbocycles. The molecule has 0 aliphatic carbocycles. The highest BCUT2D eigenvalue weighted by Gasteiger charge is 2.15. The molecule has 1 atom stereocenters. The third-order valence-corrected chi connectivity index (χ3v) is 3.05. The fourth-order valence-electron chi connectivity index (χ4n) is 1.97. The molecule has 0 saturated heterocycles. The van der Waals surface area contributed by atoms with Gasteiger partial charge in [0.25, 0.3) is 5.91 Å². The predicted octanol–water partition coefficient (Wildman–Crippen LogP) is 1.43. The minimum absolute atomic E-state index is 0.101. The van der Waals surface area contributed by atoms with Crippen LogP contribution in [-0.4, -0.2) is 40.4 Å². The highest BCUT2D eigenvalue weighted by molar-refractivity contribution is 5.94. The molecule has 7 nitrogen and oxygen atoms in total. The lowest BCUT2D eigenvalue weighted by molar-refractivity contribution is 0.0942. The molecule has 0 saturated carbocycles. The van der Waals surface area contributed by atoms with Gasteiger partial charge in [0.05, 0.1) is 19.4 Å². The molecule has 1 aromatic heterocycles. The van der Waals surface area contributed by atoms with Gasteiger partial charge in [-0.15, -0.1) is 0 Å². The Morgan fingerprint density at radius 2 is 2.35 bits per heavy atom. The first kappa shape index (κ1) is 16.3. The third-order valence-electron chi connectivity index (χ3n) is 3.05. The van der Waals surface area contributed by atoms with Gasteiger partial charge in [0.1, 0.15) is 12.0 Å². The van der Waals surface area contributed by atoms with E-state index in [4.69, 9.17) is 9.94 Å². The summed E-state index contributed by atoms with van der Waals surface area (Å²) in [5, 5.41) is 14.4. The van der Waals surface area contributed by atoms with E-state index in [1.165, 1.54) is 44.0 Å². The van der Waals surface area contributed by atoms with E-state index in [9.17, 15) is 9.18 Å². The van der Waals surface area contributed by atoms with Gasteiger partial charge in [0.15, 0.2) is 11.6 Å². The fraction of sp³-hybridized carbons (Fsp3) is 0.200. The molecule has 2 aromatic rings. The molecule has 2 rings (SSSR count). The summed E-state index contributed by atoms with van der Waals surface area (Å²) in [7, 11) is 1.37. The zero-order valence-electron chi connectivity index (χ0n) is 12.3. The summed E-state index contributed by atoms with van der Waals surface area (Å²) in [6, 6.07) is 5.21. The van der Waals surface area contributed by atoms with Crippen LogP contribution in [-0.2, 0) is 6.42 Å². The number of carbonyl (C=O) groups is 1. The summed E-state index contributed by atoms with van der Waals surface area (Å²) >= 11 is 0. The lowest BCUT2D eigenvalue weighted by Crippen LogP contribution is -2.38. The minimum Gasteiger partial charge on any atom is -0.494 e. The molecule has 1 amide bonds. The SMILES string of the molecule is COc1cc(CC(/C=N/O)NC(=O)c2ccncn2)ccc1F. The lowest BCUT2D eigenvalue weighted by Gasteiger charge is -2.14. The van der Waals surface area contributed by atoms with Crippen molar-refractivity contribution in [1.82, 2.24) is 15.3 Å². The zero-order valence-corrected chi connectivity index (χ0v) is 12.3. The number of hydrogen-bond acceptors (Lipinski definition) is 6. The molecular formula is C15H15FN4O3. The van der Waals surface area contributed by atoms with E-state index in [0.717, 1.165) is 0 Å². The Labute approximate surface area is 131 Å². The van der Waals surface area contributed by atoms with Crippen LogP contribution in [0.15, 0.2) is 41.9 Å². The first-order valence-electron chi connectivity index (χ1n) is 6.71. The number of hydrogen-bond donors (Lipinski definition) is 2. The number of halogens is 1. The summed E-state index contributed by atoms with van der Waals surface area (Å²) in [5.41, 5.74) is 0.893. The summed E-state index contributed by atoms with van der Waals surface area (Å²) in [6.07, 6.45) is 4.17. The number of methoxy groups -OCH3 is 1. The smallest absolute Gasteiger partial charge is 0.270 e. The van der Waals surface area contributed by atoms with Crippen LogP contribution in [0.1, 0.15) is 16.1 Å². The highest BCUT2D eigenvalue weighted by atomic mass is 19.1. The summed E-state index contributed by atoms with van der Waals surface area (Å²) in [6.45, 7) is 0. The molecule has 0 radical (unpaired) electrons. The Hall–Kier alpha value is -3.03. The van der Waals surface area contributed by atoms with Gasteiger partial charge < -0.3 is 15.3 Å². The van der Waals surface area contributed by atoms with Crippen molar-refractivity contribution in [2.45, 2.75) is 12.5 Å². The Balaban J connectivity index is 2.11. The Kier molecular flexibility index (Phi) is 5.56. The standard InChI is InChI=1S/C15H15FN4O3/c1-23-14-7-10(2-3-12(14)16)6-11(8-19-22)20-15(21)13-4-5-17-9-18-13/h2-5,7-9,11,22H,6H2,1H3,(H,20,21)/b19-8+. The normalized spacial score (nSPS) is 12.1. The van der Waals surface area contributed by atoms with Crippen molar-refractivity contribution in [3.8, 4) is 5.75 Å². The Morgan fingerprint density at radius 1 is 1.52 bits per heavy atom. The number of rotatable bonds is 6. The van der Waals surface area contributed by atoms with Crippen LogP contribution in [0.2, 0.25) is 0 Å². The van der Waals surface area contributed by atoms with Gasteiger partial charge >= 0.3 is 0 Å². The molecule has 1 unspecified atom stereocenters. The molecule has 0 spiro atoms. The maximum atomic E-state index is 13.4. The Bertz CT molecular complexity index is 694. The highest BCUT2D eigenvalue weighted by Crippen LogP contribution is 2.19. The van der Waals surface area contributed by atoms with E-state index in [1.54, 1.807) is 6.07 Å². The number of ether oxygens (including phenoxy) is 1. The van der Waals surface area contributed by atoms with Crippen LogP contribution in [0.25, 0.3) is 0 Å². The second-order valence-electron chi connectivity index (χ2n) is 4.61. The summed E-state index contributed by atoms with van der Waals surface area (Å²) in [5.74, 6) is -0.815. The van der Waals surface area contributed by atoms with Crippen molar-refractivity contribution >= 4 is 12.1 Å². The first-order chi connectivity index (χ1) is 11.1. The van der Waals surface area contributed by atoms with E-state index >= 15 is 0 Å². The van der Waals surface area contributed by atoms with Crippen LogP contribution in [0, 0.1) is 5.82 Å². The molecule has 120 valence electrons. The number of oxime groups is 1. The first-order valence-corrected chi connectivity index (χ1v) is 6.71. The average molecular weight is 318 g/mol. The van der Waals surface area contributed by atoms with Gasteiger partial charge in [-0.1, -0.05) is 11.2 Å². The molecule has 0 aliphatic heterocycles. The maximum Gasteiger partial charge on any atom is 0.270 e. The van der Waals surface area contributed by atoms with Gasteiger partial charge in [-0.05, 0) is 30.2 Å². The summed E-state index contributed by atoms with van der Waals surface area (Å²) in [4.78, 5) is 19.6. The second kappa shape index (κ2) is 7.83. The molecule has 2 N–H and O–H groups in total. The van der Waals surface area contributed by atoms with Crippen molar-refractivity contribution in [3.05, 3.63) is 53.9 Å². The summed E-state index contributed by atoms with van der Waals surface area (Å²) < 4.78 is 18.3. The molecule has 8 heteroatoms. The zero-order chi connectivity index (χ0) is 16.7. The van der Waals surface area contributed by atoms with Crippen LogP contribution < -0.4 is 10.1 Å². The third kappa shape index (κ3) is 4.47. The van der Waals surface area contributed by atoms with Gasteiger partial charge in [-0.3, -0.25) is 4.79 Å². The van der Waals surface area contributed by atoms with E-state index in [1.807, 2.05) is 0 Å². The van der Waals surface area contributed by atoms with Crippen LogP contribution >= 0.6 is 0 Å². The van der Waals surface area contributed by atoms with Gasteiger partial charge in [0.2, 0.25) is 0 Å². The van der Waals surface area contributed by atoms with Crippen molar-refractivity contribution in [3.63, 3.8) is 0 Å². The van der Waals surface area contributed by atoms with Crippen LogP contribution in [0.4, 0.5) is 4.39 Å². The monoisotopic (exact) mass is 318 g/mol. The minimum atomic E-state index is -0.599. The van der Waals surface area contributed by atoms with Gasteiger partial charge in [-0.25, -0.2) is 14.4 Å². The number of carbonyl (C=O) groups excluding carboxylic acids is 1. The number of benzene rings is 1. The van der Waals surface area contributed by atoms with Gasteiger partial charge in [0, 0.05) is 6.20 Å². The maximum absolute atomic E-state index is 13.4. The van der Waals surface area contributed by atoms with Crippen molar-refractivity contribution in [2.24, 2.45) is 5.16 Å². The number of amides is 1. The van der Waals surface area contributed by atoms with Crippen molar-refractivity contribution in [2.75, 3.05) is 7.11 Å². The topological polar surface area (TPSA) is 96.7 Å². The lowest BCUT2D eigenvalue weighted by atomic mass is 10.1. The Morgan fingerprint density at radius 3 is 3.00 bits per heavy atom. The fourth-order valence-corrected chi connectivity index (χ4v) is 1.97. The molecule has 1 heterocycles. The van der Waals surface area contributed by atoms with E-state index in [0.29, 0.717) is 5.56 Å². The number of nitrogens with zero attached hydrogens (tertiary/aromatic N) is 3. The van der Waals surface area contributed by atoms with Crippen molar-refractivity contribution < 1.29 is 19.1 Å². The molecule has 23 heavy (non-hydrogen) atoms. The molecule has 0 bridgehead atoms. The van der Waals surface area contributed by atoms with E-state index in [-0.39, 0.29) is 17.9 Å². The predicted molar refractivity (Wildman–Crippen MR) is 80.2 cm³/mol. The molecular weight excluding hydrogens is 303 g/mol. The molecule has 0 fully saturated rings. The largest absolute Gasteiger partial charge is 0.494 e. The van der Waals surface area contributed by atoms with E-state index < -0.39 is 17.8 Å².